The molecule has 2 aliphatic rings. The van der Waals surface area contributed by atoms with Crippen molar-refractivity contribution in [2.75, 3.05) is 19.4 Å². The van der Waals surface area contributed by atoms with Crippen LogP contribution in [0.3, 0.4) is 0 Å². The van der Waals surface area contributed by atoms with Crippen molar-refractivity contribution in [2.24, 2.45) is 0 Å². The van der Waals surface area contributed by atoms with Gasteiger partial charge in [0.1, 0.15) is 4.83 Å². The minimum Gasteiger partial charge on any atom is -0.376 e. The number of amides is 1. The monoisotopic (exact) mass is 393 g/mol. The van der Waals surface area contributed by atoms with E-state index in [-0.39, 0.29) is 23.3 Å². The van der Waals surface area contributed by atoms with Gasteiger partial charge in [-0.2, -0.15) is 0 Å². The van der Waals surface area contributed by atoms with Gasteiger partial charge in [-0.1, -0.05) is 11.8 Å². The van der Waals surface area contributed by atoms with Gasteiger partial charge >= 0.3 is 0 Å². The van der Waals surface area contributed by atoms with Crippen molar-refractivity contribution in [3.63, 3.8) is 0 Å². The zero-order valence-corrected chi connectivity index (χ0v) is 16.5. The van der Waals surface area contributed by atoms with E-state index in [0.717, 1.165) is 48.9 Å². The highest BCUT2D eigenvalue weighted by Crippen LogP contribution is 2.34. The number of hydrogen-bond donors (Lipinski definition) is 1. The van der Waals surface area contributed by atoms with E-state index in [2.05, 4.69) is 5.32 Å². The predicted molar refractivity (Wildman–Crippen MR) is 104 cm³/mol. The number of rotatable bonds is 5. The highest BCUT2D eigenvalue weighted by molar-refractivity contribution is 7.99. The minimum atomic E-state index is -0.0708. The fourth-order valence-electron chi connectivity index (χ4n) is 3.69. The zero-order valence-electron chi connectivity index (χ0n) is 14.9. The van der Waals surface area contributed by atoms with Gasteiger partial charge in [0.2, 0.25) is 5.91 Å². The number of carbonyl (C=O) groups excluding carboxylic acids is 1. The number of aryl methyl sites for hydroxylation is 2. The van der Waals surface area contributed by atoms with Crippen molar-refractivity contribution in [1.29, 1.82) is 0 Å². The van der Waals surface area contributed by atoms with Crippen LogP contribution in [-0.4, -0.2) is 41.0 Å². The number of fused-ring (bicyclic) bond motifs is 3. The number of thioether (sulfide) groups is 1. The van der Waals surface area contributed by atoms with Crippen LogP contribution in [0.15, 0.2) is 9.95 Å². The minimum absolute atomic E-state index is 0.0318. The molecule has 1 aliphatic heterocycles. The summed E-state index contributed by atoms with van der Waals surface area (Å²) < 4.78 is 7.49. The van der Waals surface area contributed by atoms with E-state index in [1.807, 2.05) is 0 Å². The van der Waals surface area contributed by atoms with Gasteiger partial charge in [-0.15, -0.1) is 11.3 Å². The van der Waals surface area contributed by atoms with Crippen molar-refractivity contribution in [2.45, 2.75) is 56.3 Å². The standard InChI is InChI=1S/C18H23N3O3S2/c1-19-14(22)10-25-18-20-16-15(12-6-2-3-7-13(12)26-16)17(23)21(18)9-11-5-4-8-24-11/h11H,2-10H2,1H3,(H,19,22)/t11-/m1/s1. The van der Waals surface area contributed by atoms with Crippen LogP contribution in [0, 0.1) is 0 Å². The Labute approximate surface area is 160 Å². The number of nitrogens with zero attached hydrogens (tertiary/aromatic N) is 2. The molecular formula is C18H23N3O3S2. The first-order valence-corrected chi connectivity index (χ1v) is 11.0. The van der Waals surface area contributed by atoms with Crippen LogP contribution in [0.5, 0.6) is 0 Å². The molecule has 1 atom stereocenters. The first-order chi connectivity index (χ1) is 12.7. The Morgan fingerprint density at radius 3 is 3.00 bits per heavy atom. The van der Waals surface area contributed by atoms with Crippen molar-refractivity contribution in [3.05, 3.63) is 20.8 Å². The maximum absolute atomic E-state index is 13.3. The lowest BCUT2D eigenvalue weighted by molar-refractivity contribution is -0.118. The second-order valence-corrected chi connectivity index (χ2v) is 8.82. The quantitative estimate of drug-likeness (QED) is 0.624. The molecule has 1 aliphatic carbocycles. The summed E-state index contributed by atoms with van der Waals surface area (Å²) in [6.45, 7) is 1.27. The Balaban J connectivity index is 1.78. The van der Waals surface area contributed by atoms with E-state index >= 15 is 0 Å². The summed E-state index contributed by atoms with van der Waals surface area (Å²) in [6.07, 6.45) is 6.38. The number of hydrogen-bond acceptors (Lipinski definition) is 6. The van der Waals surface area contributed by atoms with Crippen molar-refractivity contribution in [1.82, 2.24) is 14.9 Å². The van der Waals surface area contributed by atoms with E-state index in [9.17, 15) is 9.59 Å². The molecule has 26 heavy (non-hydrogen) atoms. The molecule has 0 bridgehead atoms. The van der Waals surface area contributed by atoms with Gasteiger partial charge in [0.05, 0.1) is 23.8 Å². The smallest absolute Gasteiger partial charge is 0.263 e. The molecule has 140 valence electrons. The maximum atomic E-state index is 13.3. The third-order valence-electron chi connectivity index (χ3n) is 5.06. The molecule has 0 radical (unpaired) electrons. The average molecular weight is 394 g/mol. The maximum Gasteiger partial charge on any atom is 0.263 e. The average Bonchev–Trinajstić information content (AvgIpc) is 3.29. The van der Waals surface area contributed by atoms with E-state index in [1.165, 1.54) is 28.6 Å². The molecule has 0 spiro atoms. The molecular weight excluding hydrogens is 370 g/mol. The molecule has 6 nitrogen and oxygen atoms in total. The van der Waals surface area contributed by atoms with E-state index in [4.69, 9.17) is 9.72 Å². The molecule has 1 saturated heterocycles. The predicted octanol–water partition coefficient (Wildman–Crippen LogP) is 2.35. The molecule has 2 aromatic heterocycles. The summed E-state index contributed by atoms with van der Waals surface area (Å²) in [6, 6.07) is 0. The van der Waals surface area contributed by atoms with Crippen LogP contribution >= 0.6 is 23.1 Å². The van der Waals surface area contributed by atoms with Crippen LogP contribution in [0.4, 0.5) is 0 Å². The topological polar surface area (TPSA) is 73.2 Å². The third-order valence-corrected chi connectivity index (χ3v) is 7.22. The fourth-order valence-corrected chi connectivity index (χ4v) is 5.87. The molecule has 1 fully saturated rings. The number of thiophene rings is 1. The van der Waals surface area contributed by atoms with E-state index < -0.39 is 0 Å². The molecule has 0 unspecified atom stereocenters. The molecule has 0 aromatic carbocycles. The Bertz CT molecular complexity index is 884. The number of nitrogens with one attached hydrogen (secondary N) is 1. The summed E-state index contributed by atoms with van der Waals surface area (Å²) in [5, 5.41) is 4.05. The fraction of sp³-hybridized carbons (Fsp3) is 0.611. The van der Waals surface area contributed by atoms with Crippen LogP contribution in [0.25, 0.3) is 10.2 Å². The van der Waals surface area contributed by atoms with Crippen LogP contribution in [0.2, 0.25) is 0 Å². The lowest BCUT2D eigenvalue weighted by atomic mass is 9.97. The normalized spacial score (nSPS) is 19.7. The Morgan fingerprint density at radius 1 is 1.38 bits per heavy atom. The van der Waals surface area contributed by atoms with Gasteiger partial charge in [0.25, 0.3) is 5.56 Å². The van der Waals surface area contributed by atoms with Gasteiger partial charge < -0.3 is 10.1 Å². The van der Waals surface area contributed by atoms with Crippen molar-refractivity contribution >= 4 is 39.2 Å². The Hall–Kier alpha value is -1.38. The molecule has 2 aromatic rings. The number of aromatic nitrogens is 2. The van der Waals surface area contributed by atoms with Crippen LogP contribution < -0.4 is 10.9 Å². The van der Waals surface area contributed by atoms with Crippen LogP contribution in [-0.2, 0) is 28.9 Å². The molecule has 3 heterocycles. The molecule has 8 heteroatoms. The highest BCUT2D eigenvalue weighted by atomic mass is 32.2. The largest absolute Gasteiger partial charge is 0.376 e. The van der Waals surface area contributed by atoms with Gasteiger partial charge in [-0.05, 0) is 44.1 Å². The number of carbonyl (C=O) groups is 1. The van der Waals surface area contributed by atoms with E-state index in [0.29, 0.717) is 11.7 Å². The van der Waals surface area contributed by atoms with Gasteiger partial charge in [-0.25, -0.2) is 4.98 Å². The van der Waals surface area contributed by atoms with Crippen molar-refractivity contribution < 1.29 is 9.53 Å². The summed E-state index contributed by atoms with van der Waals surface area (Å²) in [5.41, 5.74) is 1.24. The summed E-state index contributed by atoms with van der Waals surface area (Å²) >= 11 is 2.98. The molecule has 4 rings (SSSR count). The van der Waals surface area contributed by atoms with E-state index in [1.54, 1.807) is 23.0 Å². The molecule has 1 N–H and O–H groups in total. The Morgan fingerprint density at radius 2 is 2.23 bits per heavy atom. The van der Waals surface area contributed by atoms with Gasteiger partial charge in [-0.3, -0.25) is 14.2 Å². The SMILES string of the molecule is CNC(=O)CSc1nc2sc3c(c2c(=O)n1C[C@H]1CCCO1)CCCC3. The Kier molecular flexibility index (Phi) is 5.33. The lowest BCUT2D eigenvalue weighted by Gasteiger charge is -2.16. The second-order valence-electron chi connectivity index (χ2n) is 6.80. The third kappa shape index (κ3) is 3.42. The summed E-state index contributed by atoms with van der Waals surface area (Å²) in [5.74, 6) is 0.184. The van der Waals surface area contributed by atoms with Crippen molar-refractivity contribution in [3.8, 4) is 0 Å². The molecule has 0 saturated carbocycles. The first kappa shape index (κ1) is 18.0. The highest BCUT2D eigenvalue weighted by Gasteiger charge is 2.25. The van der Waals surface area contributed by atoms with Crippen LogP contribution in [0.1, 0.15) is 36.1 Å². The first-order valence-electron chi connectivity index (χ1n) is 9.17. The summed E-state index contributed by atoms with van der Waals surface area (Å²) in [4.78, 5) is 32.0. The second kappa shape index (κ2) is 7.70. The van der Waals surface area contributed by atoms with Gasteiger partial charge in [0.15, 0.2) is 5.16 Å². The van der Waals surface area contributed by atoms with Gasteiger partial charge in [0, 0.05) is 18.5 Å². The molecule has 1 amide bonds. The zero-order chi connectivity index (χ0) is 18.1. The summed E-state index contributed by atoms with van der Waals surface area (Å²) in [7, 11) is 1.62. The number of ether oxygens (including phenoxy) is 1. The lowest BCUT2D eigenvalue weighted by Crippen LogP contribution is -2.29.